The molecule has 0 aromatic heterocycles. The number of carbonyl (C=O) groups is 5. The highest BCUT2D eigenvalue weighted by Gasteiger charge is 2.56. The number of esters is 1. The van der Waals surface area contributed by atoms with Crippen LogP contribution in [0.4, 0.5) is 10.5 Å². The number of rotatable bonds is 7. The van der Waals surface area contributed by atoms with Crippen molar-refractivity contribution in [1.29, 1.82) is 0 Å². The number of hydrogen-bond donors (Lipinski definition) is 2. The normalized spacial score (nSPS) is 22.1. The Morgan fingerprint density at radius 1 is 1.24 bits per heavy atom. The third-order valence-corrected chi connectivity index (χ3v) is 5.22. The summed E-state index contributed by atoms with van der Waals surface area (Å²) >= 11 is 0. The monoisotopic (exact) mass is 401 g/mol. The number of nitrogens with zero attached hydrogens (tertiary/aromatic N) is 1. The van der Waals surface area contributed by atoms with E-state index in [9.17, 15) is 24.0 Å². The summed E-state index contributed by atoms with van der Waals surface area (Å²) < 4.78 is 5.07. The second kappa shape index (κ2) is 7.65. The molecule has 2 N–H and O–H groups in total. The third kappa shape index (κ3) is 4.28. The molecule has 1 saturated carbocycles. The summed E-state index contributed by atoms with van der Waals surface area (Å²) in [4.78, 5) is 61.1. The Morgan fingerprint density at radius 2 is 1.86 bits per heavy atom. The van der Waals surface area contributed by atoms with Crippen LogP contribution in [0.1, 0.15) is 44.0 Å². The molecular weight excluding hydrogens is 378 g/mol. The van der Waals surface area contributed by atoms with Crippen LogP contribution in [0.25, 0.3) is 0 Å². The molecule has 29 heavy (non-hydrogen) atoms. The van der Waals surface area contributed by atoms with E-state index in [0.29, 0.717) is 11.3 Å². The molecule has 9 heteroatoms. The average molecular weight is 401 g/mol. The van der Waals surface area contributed by atoms with Crippen LogP contribution in [-0.4, -0.2) is 52.7 Å². The molecule has 1 aliphatic carbocycles. The molecule has 2 atom stereocenters. The molecule has 2 fully saturated rings. The molecule has 154 valence electrons. The van der Waals surface area contributed by atoms with Gasteiger partial charge in [-0.25, -0.2) is 4.79 Å². The molecule has 1 saturated heterocycles. The van der Waals surface area contributed by atoms with Crippen molar-refractivity contribution in [2.75, 3.05) is 11.9 Å². The van der Waals surface area contributed by atoms with Gasteiger partial charge in [-0.05, 0) is 63.8 Å². The Hall–Kier alpha value is -3.23. The molecule has 0 radical (unpaired) electrons. The van der Waals surface area contributed by atoms with Gasteiger partial charge in [0.15, 0.2) is 11.9 Å². The Kier molecular flexibility index (Phi) is 5.41. The first-order valence-corrected chi connectivity index (χ1v) is 9.37. The van der Waals surface area contributed by atoms with E-state index in [1.807, 2.05) is 0 Å². The molecule has 9 nitrogen and oxygen atoms in total. The standard InChI is InChI=1S/C20H23N3O6/c1-11(24)13-4-8-15(9-5-13)21-17(26)12(2)29-16(25)10-23-18(27)20(3,14-6-7-14)22-19(23)28/h4-5,8-9,12,14H,6-7,10H2,1-3H3,(H,21,26)(H,22,28)/t12-,20-/m1/s1. The van der Waals surface area contributed by atoms with Crippen LogP contribution in [0.2, 0.25) is 0 Å². The van der Waals surface area contributed by atoms with Crippen LogP contribution in [0.3, 0.4) is 0 Å². The Bertz CT molecular complexity index is 877. The highest BCUT2D eigenvalue weighted by atomic mass is 16.5. The Balaban J connectivity index is 1.53. The number of anilines is 1. The lowest BCUT2D eigenvalue weighted by molar-refractivity contribution is -0.155. The quantitative estimate of drug-likeness (QED) is 0.405. The second-order valence-electron chi connectivity index (χ2n) is 7.55. The lowest BCUT2D eigenvalue weighted by atomic mass is 9.96. The van der Waals surface area contributed by atoms with Crippen LogP contribution < -0.4 is 10.6 Å². The molecule has 1 aromatic rings. The van der Waals surface area contributed by atoms with Gasteiger partial charge in [-0.15, -0.1) is 0 Å². The van der Waals surface area contributed by atoms with E-state index in [-0.39, 0.29) is 11.7 Å². The highest BCUT2D eigenvalue weighted by molar-refractivity contribution is 6.09. The minimum Gasteiger partial charge on any atom is -0.451 e. The van der Waals surface area contributed by atoms with Gasteiger partial charge < -0.3 is 15.4 Å². The lowest BCUT2D eigenvalue weighted by Gasteiger charge is -2.21. The fourth-order valence-corrected chi connectivity index (χ4v) is 3.25. The topological polar surface area (TPSA) is 122 Å². The lowest BCUT2D eigenvalue weighted by Crippen LogP contribution is -2.46. The number of carbonyl (C=O) groups excluding carboxylic acids is 5. The van der Waals surface area contributed by atoms with Gasteiger partial charge in [-0.3, -0.25) is 24.1 Å². The number of benzene rings is 1. The molecule has 4 amide bonds. The minimum atomic E-state index is -1.13. The van der Waals surface area contributed by atoms with E-state index in [1.54, 1.807) is 31.2 Å². The minimum absolute atomic E-state index is 0.0825. The molecule has 0 unspecified atom stereocenters. The zero-order chi connectivity index (χ0) is 21.3. The summed E-state index contributed by atoms with van der Waals surface area (Å²) in [6, 6.07) is 5.64. The molecule has 0 spiro atoms. The van der Waals surface area contributed by atoms with Crippen molar-refractivity contribution in [3.05, 3.63) is 29.8 Å². The van der Waals surface area contributed by atoms with Gasteiger partial charge in [-0.1, -0.05) is 0 Å². The van der Waals surface area contributed by atoms with Crippen LogP contribution >= 0.6 is 0 Å². The number of ketones is 1. The molecule has 2 aliphatic rings. The zero-order valence-corrected chi connectivity index (χ0v) is 16.5. The number of amides is 4. The van der Waals surface area contributed by atoms with Crippen LogP contribution in [0.5, 0.6) is 0 Å². The maximum Gasteiger partial charge on any atom is 0.327 e. The molecule has 3 rings (SSSR count). The van der Waals surface area contributed by atoms with Crippen molar-refractivity contribution < 1.29 is 28.7 Å². The van der Waals surface area contributed by atoms with E-state index < -0.39 is 42.0 Å². The van der Waals surface area contributed by atoms with Crippen LogP contribution in [0.15, 0.2) is 24.3 Å². The number of ether oxygens (including phenoxy) is 1. The van der Waals surface area contributed by atoms with Crippen molar-refractivity contribution in [3.8, 4) is 0 Å². The van der Waals surface area contributed by atoms with Crippen molar-refractivity contribution in [2.45, 2.75) is 45.3 Å². The molecule has 1 aromatic carbocycles. The Morgan fingerprint density at radius 3 is 2.41 bits per heavy atom. The first kappa shape index (κ1) is 20.5. The zero-order valence-electron chi connectivity index (χ0n) is 16.5. The van der Waals surface area contributed by atoms with E-state index >= 15 is 0 Å². The van der Waals surface area contributed by atoms with Gasteiger partial charge in [-0.2, -0.15) is 0 Å². The van der Waals surface area contributed by atoms with Crippen molar-refractivity contribution in [3.63, 3.8) is 0 Å². The molecule has 1 aliphatic heterocycles. The molecule has 0 bridgehead atoms. The first-order chi connectivity index (χ1) is 13.6. The molecule has 1 heterocycles. The average Bonchev–Trinajstić information content (AvgIpc) is 3.48. The van der Waals surface area contributed by atoms with Crippen molar-refractivity contribution >= 4 is 35.3 Å². The summed E-state index contributed by atoms with van der Waals surface area (Å²) in [6.45, 7) is 3.92. The predicted molar refractivity (Wildman–Crippen MR) is 102 cm³/mol. The Labute approximate surface area is 167 Å². The summed E-state index contributed by atoms with van der Waals surface area (Å²) in [6.07, 6.45) is 0.571. The van der Waals surface area contributed by atoms with Crippen LogP contribution in [-0.2, 0) is 19.1 Å². The van der Waals surface area contributed by atoms with Gasteiger partial charge >= 0.3 is 12.0 Å². The highest BCUT2D eigenvalue weighted by Crippen LogP contribution is 2.42. The number of Topliss-reactive ketones (excluding diaryl/α,β-unsaturated/α-hetero) is 1. The van der Waals surface area contributed by atoms with Gasteiger partial charge in [0.25, 0.3) is 11.8 Å². The first-order valence-electron chi connectivity index (χ1n) is 9.37. The fourth-order valence-electron chi connectivity index (χ4n) is 3.25. The van der Waals surface area contributed by atoms with Crippen LogP contribution in [0, 0.1) is 5.92 Å². The van der Waals surface area contributed by atoms with Gasteiger partial charge in [0, 0.05) is 11.3 Å². The smallest absolute Gasteiger partial charge is 0.327 e. The number of hydrogen-bond acceptors (Lipinski definition) is 6. The SMILES string of the molecule is CC(=O)c1ccc(NC(=O)[C@@H](C)OC(=O)CN2C(=O)N[C@](C)(C3CC3)C2=O)cc1. The number of urea groups is 1. The third-order valence-electron chi connectivity index (χ3n) is 5.22. The van der Waals surface area contributed by atoms with Gasteiger partial charge in [0.05, 0.1) is 0 Å². The largest absolute Gasteiger partial charge is 0.451 e. The van der Waals surface area contributed by atoms with Gasteiger partial charge in [0.2, 0.25) is 0 Å². The summed E-state index contributed by atoms with van der Waals surface area (Å²) in [5.74, 6) is -1.90. The summed E-state index contributed by atoms with van der Waals surface area (Å²) in [7, 11) is 0. The van der Waals surface area contributed by atoms with Crippen molar-refractivity contribution in [2.24, 2.45) is 5.92 Å². The van der Waals surface area contributed by atoms with E-state index in [4.69, 9.17) is 4.74 Å². The predicted octanol–water partition coefficient (Wildman–Crippen LogP) is 1.48. The summed E-state index contributed by atoms with van der Waals surface area (Å²) in [5.41, 5.74) is -0.0294. The number of imide groups is 1. The van der Waals surface area contributed by atoms with Crippen molar-refractivity contribution in [1.82, 2.24) is 10.2 Å². The van der Waals surface area contributed by atoms with E-state index in [0.717, 1.165) is 17.7 Å². The van der Waals surface area contributed by atoms with E-state index in [2.05, 4.69) is 10.6 Å². The maximum absolute atomic E-state index is 12.5. The van der Waals surface area contributed by atoms with Gasteiger partial charge in [0.1, 0.15) is 12.1 Å². The molecular formula is C20H23N3O6. The second-order valence-corrected chi connectivity index (χ2v) is 7.55. The van der Waals surface area contributed by atoms with E-state index in [1.165, 1.54) is 13.8 Å². The number of nitrogens with one attached hydrogen (secondary N) is 2. The fraction of sp³-hybridized carbons (Fsp3) is 0.450. The summed E-state index contributed by atoms with van der Waals surface area (Å²) in [5, 5.41) is 5.22. The maximum atomic E-state index is 12.5.